The Morgan fingerprint density at radius 1 is 1.32 bits per heavy atom. The smallest absolute Gasteiger partial charge is 0.165 e. The number of benzene rings is 1. The van der Waals surface area contributed by atoms with Crippen molar-refractivity contribution in [3.8, 4) is 0 Å². The molecule has 0 bridgehead atoms. The normalized spacial score (nSPS) is 11.2. The molecule has 0 saturated carbocycles. The predicted octanol–water partition coefficient (Wildman–Crippen LogP) is 1.50. The van der Waals surface area contributed by atoms with Crippen LogP contribution in [0, 0.1) is 11.6 Å². The van der Waals surface area contributed by atoms with Gasteiger partial charge in [0, 0.05) is 11.6 Å². The Hall–Kier alpha value is -1.89. The van der Waals surface area contributed by atoms with Crippen molar-refractivity contribution in [1.29, 1.82) is 0 Å². The van der Waals surface area contributed by atoms with Crippen LogP contribution in [-0.2, 0) is 13.1 Å². The van der Waals surface area contributed by atoms with Crippen molar-refractivity contribution in [3.63, 3.8) is 0 Å². The maximum absolute atomic E-state index is 13.5. The predicted molar refractivity (Wildman–Crippen MR) is 65.3 cm³/mol. The molecule has 0 atom stereocenters. The molecule has 7 heteroatoms. The van der Waals surface area contributed by atoms with E-state index in [0.717, 1.165) is 18.2 Å². The Morgan fingerprint density at radius 2 is 2.11 bits per heavy atom. The van der Waals surface area contributed by atoms with Gasteiger partial charge in [-0.2, -0.15) is 0 Å². The van der Waals surface area contributed by atoms with E-state index in [1.807, 2.05) is 13.8 Å². The van der Waals surface area contributed by atoms with E-state index >= 15 is 0 Å². The molecule has 2 aromatic rings. The first-order valence-corrected chi connectivity index (χ1v) is 5.98. The van der Waals surface area contributed by atoms with Gasteiger partial charge >= 0.3 is 0 Å². The number of halogens is 2. The zero-order valence-electron chi connectivity index (χ0n) is 10.8. The van der Waals surface area contributed by atoms with Gasteiger partial charge in [-0.1, -0.05) is 13.8 Å². The molecule has 0 aliphatic rings. The third-order valence-electron chi connectivity index (χ3n) is 2.60. The first-order chi connectivity index (χ1) is 9.06. The lowest BCUT2D eigenvalue weighted by Crippen LogP contribution is -2.24. The Bertz CT molecular complexity index is 553. The van der Waals surface area contributed by atoms with Gasteiger partial charge < -0.3 is 5.32 Å². The highest BCUT2D eigenvalue weighted by molar-refractivity contribution is 5.19. The fraction of sp³-hybridized carbons (Fsp3) is 0.417. The standard InChI is InChI=1S/C12H15F2N5/c1-8(2)15-6-12-16-17-18-19(12)7-9-5-10(13)3-4-11(9)14/h3-5,8,15H,6-7H2,1-2H3. The highest BCUT2D eigenvalue weighted by atomic mass is 19.1. The Kier molecular flexibility index (Phi) is 4.16. The third-order valence-corrected chi connectivity index (χ3v) is 2.60. The minimum atomic E-state index is -0.480. The van der Waals surface area contributed by atoms with E-state index in [1.54, 1.807) is 0 Å². The first kappa shape index (κ1) is 13.5. The average Bonchev–Trinajstić information content (AvgIpc) is 2.79. The average molecular weight is 267 g/mol. The van der Waals surface area contributed by atoms with E-state index in [2.05, 4.69) is 20.8 Å². The zero-order chi connectivity index (χ0) is 13.8. The molecule has 2 rings (SSSR count). The fourth-order valence-electron chi connectivity index (χ4n) is 1.59. The molecule has 0 fully saturated rings. The van der Waals surface area contributed by atoms with Crippen molar-refractivity contribution in [1.82, 2.24) is 25.5 Å². The van der Waals surface area contributed by atoms with Crippen LogP contribution in [0.1, 0.15) is 25.2 Å². The van der Waals surface area contributed by atoms with Crippen LogP contribution in [0.25, 0.3) is 0 Å². The Balaban J connectivity index is 2.15. The monoisotopic (exact) mass is 267 g/mol. The van der Waals surface area contributed by atoms with Gasteiger partial charge in [0.15, 0.2) is 5.82 Å². The summed E-state index contributed by atoms with van der Waals surface area (Å²) >= 11 is 0. The summed E-state index contributed by atoms with van der Waals surface area (Å²) in [6, 6.07) is 3.62. The summed E-state index contributed by atoms with van der Waals surface area (Å²) in [6.07, 6.45) is 0. The highest BCUT2D eigenvalue weighted by Gasteiger charge is 2.10. The minimum Gasteiger partial charge on any atom is -0.308 e. The molecule has 0 radical (unpaired) electrons. The van der Waals surface area contributed by atoms with Crippen LogP contribution in [-0.4, -0.2) is 26.2 Å². The summed E-state index contributed by atoms with van der Waals surface area (Å²) in [5, 5.41) is 14.4. The highest BCUT2D eigenvalue weighted by Crippen LogP contribution is 2.11. The van der Waals surface area contributed by atoms with Crippen molar-refractivity contribution in [2.45, 2.75) is 33.0 Å². The Morgan fingerprint density at radius 3 is 2.84 bits per heavy atom. The van der Waals surface area contributed by atoms with E-state index in [-0.39, 0.29) is 18.2 Å². The molecule has 0 amide bonds. The van der Waals surface area contributed by atoms with Crippen LogP contribution in [0.4, 0.5) is 8.78 Å². The molecule has 19 heavy (non-hydrogen) atoms. The number of nitrogens with one attached hydrogen (secondary N) is 1. The van der Waals surface area contributed by atoms with Crippen LogP contribution < -0.4 is 5.32 Å². The number of tetrazole rings is 1. The van der Waals surface area contributed by atoms with Gasteiger partial charge in [-0.3, -0.25) is 0 Å². The van der Waals surface area contributed by atoms with Crippen LogP contribution in [0.5, 0.6) is 0 Å². The number of rotatable bonds is 5. The molecule has 0 aliphatic heterocycles. The topological polar surface area (TPSA) is 55.6 Å². The van der Waals surface area contributed by atoms with Crippen molar-refractivity contribution in [2.75, 3.05) is 0 Å². The molecule has 0 spiro atoms. The number of hydrogen-bond acceptors (Lipinski definition) is 4. The lowest BCUT2D eigenvalue weighted by Gasteiger charge is -2.09. The maximum atomic E-state index is 13.5. The molecular formula is C12H15F2N5. The van der Waals surface area contributed by atoms with E-state index in [4.69, 9.17) is 0 Å². The molecule has 1 N–H and O–H groups in total. The van der Waals surface area contributed by atoms with Crippen LogP contribution in [0.3, 0.4) is 0 Å². The second kappa shape index (κ2) is 5.83. The van der Waals surface area contributed by atoms with E-state index in [0.29, 0.717) is 12.4 Å². The van der Waals surface area contributed by atoms with Crippen molar-refractivity contribution >= 4 is 0 Å². The largest absolute Gasteiger partial charge is 0.308 e. The van der Waals surface area contributed by atoms with Gasteiger partial charge in [0.05, 0.1) is 13.1 Å². The molecule has 1 aromatic heterocycles. The molecule has 1 heterocycles. The maximum Gasteiger partial charge on any atom is 0.165 e. The van der Waals surface area contributed by atoms with Crippen LogP contribution in [0.15, 0.2) is 18.2 Å². The molecule has 5 nitrogen and oxygen atoms in total. The number of nitrogens with zero attached hydrogens (tertiary/aromatic N) is 4. The molecule has 102 valence electrons. The third kappa shape index (κ3) is 3.54. The van der Waals surface area contributed by atoms with Gasteiger partial charge in [0.1, 0.15) is 11.6 Å². The Labute approximate surface area is 109 Å². The summed E-state index contributed by atoms with van der Waals surface area (Å²) in [5.41, 5.74) is 0.220. The number of aromatic nitrogens is 4. The fourth-order valence-corrected chi connectivity index (χ4v) is 1.59. The quantitative estimate of drug-likeness (QED) is 0.892. The van der Waals surface area contributed by atoms with Gasteiger partial charge in [-0.15, -0.1) is 5.10 Å². The van der Waals surface area contributed by atoms with Gasteiger partial charge in [-0.05, 0) is 28.6 Å². The summed E-state index contributed by atoms with van der Waals surface area (Å²) < 4.78 is 28.1. The molecular weight excluding hydrogens is 252 g/mol. The van der Waals surface area contributed by atoms with Gasteiger partial charge in [0.2, 0.25) is 0 Å². The summed E-state index contributed by atoms with van der Waals surface area (Å²) in [4.78, 5) is 0. The first-order valence-electron chi connectivity index (χ1n) is 5.98. The second-order valence-electron chi connectivity index (χ2n) is 4.52. The van der Waals surface area contributed by atoms with E-state index in [1.165, 1.54) is 4.68 Å². The lowest BCUT2D eigenvalue weighted by molar-refractivity contribution is 0.522. The molecule has 1 aromatic carbocycles. The molecule has 0 unspecified atom stereocenters. The van der Waals surface area contributed by atoms with Crippen molar-refractivity contribution in [2.24, 2.45) is 0 Å². The van der Waals surface area contributed by atoms with Gasteiger partial charge in [0.25, 0.3) is 0 Å². The zero-order valence-corrected chi connectivity index (χ0v) is 10.8. The van der Waals surface area contributed by atoms with Crippen molar-refractivity contribution in [3.05, 3.63) is 41.2 Å². The summed E-state index contributed by atoms with van der Waals surface area (Å²) in [5.74, 6) is -0.372. The second-order valence-corrected chi connectivity index (χ2v) is 4.52. The van der Waals surface area contributed by atoms with Crippen molar-refractivity contribution < 1.29 is 8.78 Å². The van der Waals surface area contributed by atoms with Gasteiger partial charge in [-0.25, -0.2) is 13.5 Å². The van der Waals surface area contributed by atoms with Crippen LogP contribution >= 0.6 is 0 Å². The summed E-state index contributed by atoms with van der Waals surface area (Å²) in [7, 11) is 0. The summed E-state index contributed by atoms with van der Waals surface area (Å²) in [6.45, 7) is 4.58. The van der Waals surface area contributed by atoms with E-state index in [9.17, 15) is 8.78 Å². The SMILES string of the molecule is CC(C)NCc1nnnn1Cc1cc(F)ccc1F. The molecule has 0 saturated heterocycles. The van der Waals surface area contributed by atoms with Crippen LogP contribution in [0.2, 0.25) is 0 Å². The number of hydrogen-bond donors (Lipinski definition) is 1. The minimum absolute atomic E-state index is 0.103. The lowest BCUT2D eigenvalue weighted by atomic mass is 10.2. The van der Waals surface area contributed by atoms with E-state index < -0.39 is 11.6 Å². The molecule has 0 aliphatic carbocycles.